The van der Waals surface area contributed by atoms with Crippen LogP contribution in [0.2, 0.25) is 0 Å². The highest BCUT2D eigenvalue weighted by molar-refractivity contribution is 5.56. The maximum Gasteiger partial charge on any atom is 0.147 e. The second-order valence-electron chi connectivity index (χ2n) is 6.96. The molecule has 6 nitrogen and oxygen atoms in total. The van der Waals surface area contributed by atoms with Crippen molar-refractivity contribution in [2.75, 3.05) is 24.6 Å². The second kappa shape index (κ2) is 6.85. The molecule has 130 valence electrons. The Morgan fingerprint density at radius 3 is 3.04 bits per heavy atom. The Morgan fingerprint density at radius 2 is 2.24 bits per heavy atom. The maximum atomic E-state index is 9.59. The van der Waals surface area contributed by atoms with Crippen LogP contribution in [0.5, 0.6) is 0 Å². The SMILES string of the molecule is Cc1cnn(CC2CN(c3nc4c(cc3C#N)CCCC4)CCO2)c1. The zero-order valence-electron chi connectivity index (χ0n) is 14.6. The largest absolute Gasteiger partial charge is 0.373 e. The molecule has 0 aromatic carbocycles. The molecule has 0 bridgehead atoms. The number of rotatable bonds is 3. The molecular formula is C19H23N5O. The highest BCUT2D eigenvalue weighted by Crippen LogP contribution is 2.27. The predicted molar refractivity (Wildman–Crippen MR) is 94.5 cm³/mol. The molecule has 0 saturated carbocycles. The van der Waals surface area contributed by atoms with Crippen LogP contribution in [0, 0.1) is 18.3 Å². The summed E-state index contributed by atoms with van der Waals surface area (Å²) in [7, 11) is 0. The Kier molecular flexibility index (Phi) is 4.41. The summed E-state index contributed by atoms with van der Waals surface area (Å²) >= 11 is 0. The van der Waals surface area contributed by atoms with Gasteiger partial charge < -0.3 is 9.64 Å². The van der Waals surface area contributed by atoms with Gasteiger partial charge in [0.15, 0.2) is 0 Å². The van der Waals surface area contributed by atoms with E-state index in [-0.39, 0.29) is 6.10 Å². The molecule has 1 atom stereocenters. The number of nitrogens with zero attached hydrogens (tertiary/aromatic N) is 5. The van der Waals surface area contributed by atoms with Crippen LogP contribution in [0.1, 0.15) is 35.2 Å². The molecule has 0 amide bonds. The third kappa shape index (κ3) is 3.38. The Bertz CT molecular complexity index is 807. The average Bonchev–Trinajstić information content (AvgIpc) is 3.05. The van der Waals surface area contributed by atoms with Gasteiger partial charge in [-0.25, -0.2) is 4.98 Å². The quantitative estimate of drug-likeness (QED) is 0.859. The lowest BCUT2D eigenvalue weighted by Gasteiger charge is -2.34. The minimum atomic E-state index is 0.0532. The van der Waals surface area contributed by atoms with E-state index in [0.29, 0.717) is 12.2 Å². The molecule has 1 unspecified atom stereocenters. The van der Waals surface area contributed by atoms with Gasteiger partial charge >= 0.3 is 0 Å². The minimum absolute atomic E-state index is 0.0532. The van der Waals surface area contributed by atoms with Gasteiger partial charge in [-0.2, -0.15) is 10.4 Å². The Labute approximate surface area is 148 Å². The van der Waals surface area contributed by atoms with Crippen molar-refractivity contribution in [3.63, 3.8) is 0 Å². The fraction of sp³-hybridized carbons (Fsp3) is 0.526. The molecule has 25 heavy (non-hydrogen) atoms. The van der Waals surface area contributed by atoms with E-state index < -0.39 is 0 Å². The van der Waals surface area contributed by atoms with Crippen molar-refractivity contribution in [2.45, 2.75) is 45.3 Å². The molecule has 1 aliphatic carbocycles. The van der Waals surface area contributed by atoms with E-state index >= 15 is 0 Å². The van der Waals surface area contributed by atoms with Crippen LogP contribution < -0.4 is 4.90 Å². The van der Waals surface area contributed by atoms with Gasteiger partial charge in [-0.3, -0.25) is 4.68 Å². The van der Waals surface area contributed by atoms with E-state index in [0.717, 1.165) is 43.9 Å². The lowest BCUT2D eigenvalue weighted by atomic mass is 9.95. The van der Waals surface area contributed by atoms with E-state index in [9.17, 15) is 5.26 Å². The van der Waals surface area contributed by atoms with Crippen LogP contribution in [0.25, 0.3) is 0 Å². The number of aryl methyl sites for hydroxylation is 3. The van der Waals surface area contributed by atoms with Crippen molar-refractivity contribution >= 4 is 5.82 Å². The summed E-state index contributed by atoms with van der Waals surface area (Å²) in [6, 6.07) is 4.40. The second-order valence-corrected chi connectivity index (χ2v) is 6.96. The molecular weight excluding hydrogens is 314 g/mol. The molecule has 0 radical (unpaired) electrons. The molecule has 2 aliphatic rings. The zero-order valence-corrected chi connectivity index (χ0v) is 14.6. The normalized spacial score (nSPS) is 20.2. The summed E-state index contributed by atoms with van der Waals surface area (Å²) in [6.07, 6.45) is 8.39. The number of anilines is 1. The number of hydrogen-bond acceptors (Lipinski definition) is 5. The van der Waals surface area contributed by atoms with E-state index in [1.165, 1.54) is 24.1 Å². The van der Waals surface area contributed by atoms with Crippen LogP contribution >= 0.6 is 0 Å². The van der Waals surface area contributed by atoms with Crippen molar-refractivity contribution in [1.29, 1.82) is 5.26 Å². The van der Waals surface area contributed by atoms with Crippen LogP contribution in [0.3, 0.4) is 0 Å². The number of hydrogen-bond donors (Lipinski definition) is 0. The first kappa shape index (κ1) is 16.1. The Hall–Kier alpha value is -2.39. The molecule has 0 N–H and O–H groups in total. The third-order valence-corrected chi connectivity index (χ3v) is 4.99. The summed E-state index contributed by atoms with van der Waals surface area (Å²) in [5, 5.41) is 13.9. The Balaban J connectivity index is 1.55. The molecule has 0 spiro atoms. The number of morpholine rings is 1. The summed E-state index contributed by atoms with van der Waals surface area (Å²) in [4.78, 5) is 7.09. The minimum Gasteiger partial charge on any atom is -0.373 e. The summed E-state index contributed by atoms with van der Waals surface area (Å²) in [5.41, 5.74) is 4.27. The first-order valence-electron chi connectivity index (χ1n) is 9.01. The molecule has 4 rings (SSSR count). The molecule has 2 aromatic rings. The van der Waals surface area contributed by atoms with Crippen LogP contribution in [-0.4, -0.2) is 40.6 Å². The zero-order chi connectivity index (χ0) is 17.2. The monoisotopic (exact) mass is 337 g/mol. The van der Waals surface area contributed by atoms with E-state index in [1.54, 1.807) is 0 Å². The average molecular weight is 337 g/mol. The number of nitriles is 1. The first-order chi connectivity index (χ1) is 12.2. The van der Waals surface area contributed by atoms with Gasteiger partial charge in [-0.1, -0.05) is 0 Å². The van der Waals surface area contributed by atoms with E-state index in [2.05, 4.69) is 22.1 Å². The molecule has 1 saturated heterocycles. The van der Waals surface area contributed by atoms with Gasteiger partial charge in [0.1, 0.15) is 11.9 Å². The highest BCUT2D eigenvalue weighted by Gasteiger charge is 2.25. The summed E-state index contributed by atoms with van der Waals surface area (Å²) < 4.78 is 7.84. The molecule has 3 heterocycles. The third-order valence-electron chi connectivity index (χ3n) is 4.99. The van der Waals surface area contributed by atoms with Gasteiger partial charge in [-0.15, -0.1) is 0 Å². The summed E-state index contributed by atoms with van der Waals surface area (Å²) in [5.74, 6) is 0.827. The van der Waals surface area contributed by atoms with Gasteiger partial charge in [-0.05, 0) is 49.8 Å². The van der Waals surface area contributed by atoms with E-state index in [1.807, 2.05) is 24.0 Å². The molecule has 6 heteroatoms. The molecule has 2 aromatic heterocycles. The maximum absolute atomic E-state index is 9.59. The molecule has 1 fully saturated rings. The fourth-order valence-electron chi connectivity index (χ4n) is 3.74. The smallest absolute Gasteiger partial charge is 0.147 e. The first-order valence-corrected chi connectivity index (χ1v) is 9.01. The van der Waals surface area contributed by atoms with Crippen molar-refractivity contribution in [3.8, 4) is 6.07 Å². The van der Waals surface area contributed by atoms with Crippen LogP contribution in [0.4, 0.5) is 5.82 Å². The topological polar surface area (TPSA) is 67.0 Å². The Morgan fingerprint density at radius 1 is 1.36 bits per heavy atom. The van der Waals surface area contributed by atoms with Crippen LogP contribution in [-0.2, 0) is 24.1 Å². The van der Waals surface area contributed by atoms with Crippen molar-refractivity contribution in [2.24, 2.45) is 0 Å². The number of pyridine rings is 1. The van der Waals surface area contributed by atoms with Crippen molar-refractivity contribution in [1.82, 2.24) is 14.8 Å². The van der Waals surface area contributed by atoms with Crippen molar-refractivity contribution in [3.05, 3.63) is 40.8 Å². The van der Waals surface area contributed by atoms with Gasteiger partial charge in [0.05, 0.1) is 31.0 Å². The lowest BCUT2D eigenvalue weighted by molar-refractivity contribution is 0.0271. The summed E-state index contributed by atoms with van der Waals surface area (Å²) in [6.45, 7) is 4.91. The van der Waals surface area contributed by atoms with Gasteiger partial charge in [0.25, 0.3) is 0 Å². The number of fused-ring (bicyclic) bond motifs is 1. The highest BCUT2D eigenvalue weighted by atomic mass is 16.5. The van der Waals surface area contributed by atoms with Crippen molar-refractivity contribution < 1.29 is 4.74 Å². The van der Waals surface area contributed by atoms with E-state index in [4.69, 9.17) is 9.72 Å². The standard InChI is InChI=1S/C19H23N5O/c1-14-10-21-24(11-14)13-17-12-23(6-7-25-17)19-16(9-20)8-15-4-2-3-5-18(15)22-19/h8,10-11,17H,2-7,12-13H2,1H3. The van der Waals surface area contributed by atoms with Gasteiger partial charge in [0.2, 0.25) is 0 Å². The predicted octanol–water partition coefficient (Wildman–Crippen LogP) is 2.24. The number of ether oxygens (including phenoxy) is 1. The van der Waals surface area contributed by atoms with Gasteiger partial charge in [0, 0.05) is 25.0 Å². The fourth-order valence-corrected chi connectivity index (χ4v) is 3.74. The number of aromatic nitrogens is 3. The van der Waals surface area contributed by atoms with Crippen LogP contribution in [0.15, 0.2) is 18.5 Å². The molecule has 1 aliphatic heterocycles. The lowest BCUT2D eigenvalue weighted by Crippen LogP contribution is -2.45.